The quantitative estimate of drug-likeness (QED) is 0.879. The maximum absolute atomic E-state index is 4.05. The lowest BCUT2D eigenvalue weighted by Gasteiger charge is -2.21. The highest BCUT2D eigenvalue weighted by atomic mass is 14.9. The zero-order chi connectivity index (χ0) is 13.0. The van der Waals surface area contributed by atoms with Crippen molar-refractivity contribution in [1.29, 1.82) is 0 Å². The van der Waals surface area contributed by atoms with Crippen molar-refractivity contribution in [3.63, 3.8) is 0 Å². The molecule has 1 aromatic heterocycles. The molecule has 94 valence electrons. The van der Waals surface area contributed by atoms with Gasteiger partial charge in [-0.15, -0.1) is 0 Å². The van der Waals surface area contributed by atoms with Crippen molar-refractivity contribution in [3.8, 4) is 0 Å². The Balaban J connectivity index is 2.05. The molecule has 2 nitrogen and oxygen atoms in total. The molecule has 2 heteroatoms. The summed E-state index contributed by atoms with van der Waals surface area (Å²) >= 11 is 0. The van der Waals surface area contributed by atoms with Gasteiger partial charge in [-0.25, -0.2) is 0 Å². The van der Waals surface area contributed by atoms with E-state index in [4.69, 9.17) is 0 Å². The third kappa shape index (κ3) is 3.17. The molecule has 0 aliphatic carbocycles. The number of aromatic nitrogens is 1. The van der Waals surface area contributed by atoms with E-state index < -0.39 is 0 Å². The van der Waals surface area contributed by atoms with Crippen LogP contribution in [0.25, 0.3) is 0 Å². The molecular formula is C16H20N2. The van der Waals surface area contributed by atoms with Gasteiger partial charge in [0.2, 0.25) is 0 Å². The molecule has 2 atom stereocenters. The van der Waals surface area contributed by atoms with Crippen molar-refractivity contribution in [1.82, 2.24) is 10.3 Å². The van der Waals surface area contributed by atoms with Crippen LogP contribution in [0.1, 0.15) is 42.6 Å². The second kappa shape index (κ2) is 5.78. The van der Waals surface area contributed by atoms with E-state index in [1.165, 1.54) is 16.7 Å². The molecule has 1 aromatic carbocycles. The van der Waals surface area contributed by atoms with Crippen LogP contribution in [-0.4, -0.2) is 4.98 Å². The smallest absolute Gasteiger partial charge is 0.0298 e. The van der Waals surface area contributed by atoms with E-state index in [2.05, 4.69) is 67.5 Å². The van der Waals surface area contributed by atoms with Gasteiger partial charge in [0.25, 0.3) is 0 Å². The van der Waals surface area contributed by atoms with E-state index in [9.17, 15) is 0 Å². The number of nitrogens with one attached hydrogen (secondary N) is 1. The van der Waals surface area contributed by atoms with E-state index in [1.807, 2.05) is 12.4 Å². The van der Waals surface area contributed by atoms with Gasteiger partial charge in [-0.2, -0.15) is 0 Å². The summed E-state index contributed by atoms with van der Waals surface area (Å²) in [6, 6.07) is 13.4. The summed E-state index contributed by atoms with van der Waals surface area (Å²) < 4.78 is 0. The van der Waals surface area contributed by atoms with Crippen LogP contribution in [0.4, 0.5) is 0 Å². The summed E-state index contributed by atoms with van der Waals surface area (Å²) in [5, 5.41) is 3.61. The molecule has 0 aliphatic heterocycles. The predicted molar refractivity (Wildman–Crippen MR) is 75.4 cm³/mol. The minimum atomic E-state index is 0.323. The number of pyridine rings is 1. The van der Waals surface area contributed by atoms with Crippen LogP contribution < -0.4 is 5.32 Å². The average molecular weight is 240 g/mol. The normalized spacial score (nSPS) is 14.2. The minimum Gasteiger partial charge on any atom is -0.304 e. The van der Waals surface area contributed by atoms with Crippen LogP contribution in [0.5, 0.6) is 0 Å². The highest BCUT2D eigenvalue weighted by Gasteiger charge is 2.10. The van der Waals surface area contributed by atoms with Gasteiger partial charge in [-0.3, -0.25) is 4.98 Å². The molecule has 0 saturated carbocycles. The van der Waals surface area contributed by atoms with Gasteiger partial charge < -0.3 is 5.32 Å². The maximum atomic E-state index is 4.05. The van der Waals surface area contributed by atoms with Crippen molar-refractivity contribution in [2.45, 2.75) is 32.9 Å². The van der Waals surface area contributed by atoms with Crippen molar-refractivity contribution in [2.75, 3.05) is 0 Å². The zero-order valence-electron chi connectivity index (χ0n) is 11.2. The van der Waals surface area contributed by atoms with Crippen molar-refractivity contribution in [3.05, 3.63) is 65.5 Å². The average Bonchev–Trinajstić information content (AvgIpc) is 2.39. The fourth-order valence-electron chi connectivity index (χ4n) is 2.16. The first-order chi connectivity index (χ1) is 8.66. The highest BCUT2D eigenvalue weighted by Crippen LogP contribution is 2.19. The summed E-state index contributed by atoms with van der Waals surface area (Å²) in [6.07, 6.45) is 3.68. The molecular weight excluding hydrogens is 220 g/mol. The summed E-state index contributed by atoms with van der Waals surface area (Å²) in [5.41, 5.74) is 3.90. The van der Waals surface area contributed by atoms with Crippen LogP contribution in [-0.2, 0) is 0 Å². The molecule has 1 N–H and O–H groups in total. The van der Waals surface area contributed by atoms with Gasteiger partial charge in [-0.05, 0) is 44.0 Å². The third-order valence-electron chi connectivity index (χ3n) is 3.25. The standard InChI is InChI=1S/C16H20N2/c1-12-5-4-6-16(11-12)14(3)18-13(2)15-7-9-17-10-8-15/h4-11,13-14,18H,1-3H3/t13?,14-/m1/s1. The molecule has 0 amide bonds. The topological polar surface area (TPSA) is 24.9 Å². The monoisotopic (exact) mass is 240 g/mol. The number of hydrogen-bond donors (Lipinski definition) is 1. The maximum Gasteiger partial charge on any atom is 0.0298 e. The minimum absolute atomic E-state index is 0.323. The number of rotatable bonds is 4. The first-order valence-electron chi connectivity index (χ1n) is 6.39. The van der Waals surface area contributed by atoms with E-state index >= 15 is 0 Å². The van der Waals surface area contributed by atoms with Crippen LogP contribution in [0, 0.1) is 6.92 Å². The Morgan fingerprint density at radius 1 is 0.944 bits per heavy atom. The zero-order valence-corrected chi connectivity index (χ0v) is 11.2. The van der Waals surface area contributed by atoms with Crippen LogP contribution in [0.3, 0.4) is 0 Å². The molecule has 18 heavy (non-hydrogen) atoms. The van der Waals surface area contributed by atoms with Crippen molar-refractivity contribution < 1.29 is 0 Å². The lowest BCUT2D eigenvalue weighted by atomic mass is 10.0. The molecule has 2 aromatic rings. The molecule has 0 fully saturated rings. The van der Waals surface area contributed by atoms with Crippen LogP contribution >= 0.6 is 0 Å². The molecule has 0 radical (unpaired) electrons. The van der Waals surface area contributed by atoms with Crippen LogP contribution in [0.2, 0.25) is 0 Å². The summed E-state index contributed by atoms with van der Waals surface area (Å²) in [7, 11) is 0. The van der Waals surface area contributed by atoms with Gasteiger partial charge in [-0.1, -0.05) is 29.8 Å². The third-order valence-corrected chi connectivity index (χ3v) is 3.25. The van der Waals surface area contributed by atoms with E-state index in [0.29, 0.717) is 12.1 Å². The molecule has 0 aliphatic rings. The lowest BCUT2D eigenvalue weighted by molar-refractivity contribution is 0.494. The van der Waals surface area contributed by atoms with Gasteiger partial charge in [0.05, 0.1) is 0 Å². The second-order valence-corrected chi connectivity index (χ2v) is 4.80. The van der Waals surface area contributed by atoms with Gasteiger partial charge >= 0.3 is 0 Å². The number of nitrogens with zero attached hydrogens (tertiary/aromatic N) is 1. The summed E-state index contributed by atoms with van der Waals surface area (Å²) in [4.78, 5) is 4.05. The Morgan fingerprint density at radius 2 is 1.61 bits per heavy atom. The first-order valence-corrected chi connectivity index (χ1v) is 6.39. The Kier molecular flexibility index (Phi) is 4.11. The van der Waals surface area contributed by atoms with Crippen molar-refractivity contribution >= 4 is 0 Å². The summed E-state index contributed by atoms with van der Waals surface area (Å²) in [5.74, 6) is 0. The highest BCUT2D eigenvalue weighted by molar-refractivity contribution is 5.25. The van der Waals surface area contributed by atoms with E-state index in [1.54, 1.807) is 0 Å². The Hall–Kier alpha value is -1.67. The van der Waals surface area contributed by atoms with E-state index in [-0.39, 0.29) is 0 Å². The second-order valence-electron chi connectivity index (χ2n) is 4.80. The van der Waals surface area contributed by atoms with Gasteiger partial charge in [0, 0.05) is 24.5 Å². The molecule has 0 saturated heterocycles. The SMILES string of the molecule is Cc1cccc([C@@H](C)NC(C)c2ccncc2)c1. The van der Waals surface area contributed by atoms with Crippen LogP contribution in [0.15, 0.2) is 48.8 Å². The Morgan fingerprint density at radius 3 is 2.28 bits per heavy atom. The molecule has 1 unspecified atom stereocenters. The summed E-state index contributed by atoms with van der Waals surface area (Å²) in [6.45, 7) is 6.51. The van der Waals surface area contributed by atoms with Crippen molar-refractivity contribution in [2.24, 2.45) is 0 Å². The fraction of sp³-hybridized carbons (Fsp3) is 0.312. The van der Waals surface area contributed by atoms with E-state index in [0.717, 1.165) is 0 Å². The predicted octanol–water partition coefficient (Wildman–Crippen LogP) is 3.80. The number of benzene rings is 1. The molecule has 2 rings (SSSR count). The fourth-order valence-corrected chi connectivity index (χ4v) is 2.16. The molecule has 0 bridgehead atoms. The number of aryl methyl sites for hydroxylation is 1. The van der Waals surface area contributed by atoms with Gasteiger partial charge in [0.15, 0.2) is 0 Å². The lowest BCUT2D eigenvalue weighted by Crippen LogP contribution is -2.22. The molecule has 1 heterocycles. The first kappa shape index (κ1) is 12.8. The van der Waals surface area contributed by atoms with Gasteiger partial charge in [0.1, 0.15) is 0 Å². The number of hydrogen-bond acceptors (Lipinski definition) is 2. The Labute approximate surface area is 109 Å². The largest absolute Gasteiger partial charge is 0.304 e. The Bertz CT molecular complexity index is 493. The molecule has 0 spiro atoms.